The molecule has 0 saturated heterocycles. The normalized spacial score (nSPS) is 10.7. The molecule has 1 rings (SSSR count). The van der Waals surface area contributed by atoms with E-state index in [1.165, 1.54) is 0 Å². The Kier molecular flexibility index (Phi) is 7.01. The molecule has 130 valence electrons. The maximum absolute atomic E-state index is 5.79. The Labute approximate surface area is 158 Å². The van der Waals surface area contributed by atoms with E-state index < -0.39 is 0 Å². The first-order chi connectivity index (χ1) is 11.4. The van der Waals surface area contributed by atoms with Gasteiger partial charge >= 0.3 is 0 Å². The van der Waals surface area contributed by atoms with Crippen LogP contribution in [0.25, 0.3) is 0 Å². The van der Waals surface area contributed by atoms with Crippen LogP contribution < -0.4 is 0 Å². The highest BCUT2D eigenvalue weighted by Crippen LogP contribution is 2.28. The van der Waals surface area contributed by atoms with Crippen molar-refractivity contribution in [2.45, 2.75) is 61.8 Å². The second-order valence-corrected chi connectivity index (χ2v) is 9.58. The number of hydrogen-bond acceptors (Lipinski definition) is 1. The summed E-state index contributed by atoms with van der Waals surface area (Å²) in [5.74, 6) is 22.9. The highest BCUT2D eigenvalue weighted by Gasteiger charge is 2.15. The van der Waals surface area contributed by atoms with Gasteiger partial charge in [-0.05, 0) is 47.5 Å². The molecule has 25 heavy (non-hydrogen) atoms. The molecule has 1 aromatic heterocycles. The third-order valence-electron chi connectivity index (χ3n) is 2.88. The second kappa shape index (κ2) is 8.35. The molecule has 0 unspecified atom stereocenters. The molecule has 0 fully saturated rings. The van der Waals surface area contributed by atoms with Gasteiger partial charge in [-0.1, -0.05) is 55.3 Å². The molecule has 0 aliphatic heterocycles. The monoisotopic (exact) mass is 348 g/mol. The van der Waals surface area contributed by atoms with Crippen LogP contribution in [0.1, 0.15) is 82.7 Å². The van der Waals surface area contributed by atoms with Crippen LogP contribution in [0.2, 0.25) is 0 Å². The predicted molar refractivity (Wildman–Crippen MR) is 111 cm³/mol. The van der Waals surface area contributed by atoms with Crippen LogP contribution in [0.5, 0.6) is 0 Å². The van der Waals surface area contributed by atoms with Crippen LogP contribution in [0, 0.1) is 64.6 Å². The van der Waals surface area contributed by atoms with Crippen LogP contribution in [-0.2, 0) is 0 Å². The van der Waals surface area contributed by atoms with Crippen molar-refractivity contribution in [3.05, 3.63) is 20.9 Å². The molecule has 0 atom stereocenters. The van der Waals surface area contributed by atoms with E-state index in [-0.39, 0.29) is 10.8 Å². The quantitative estimate of drug-likeness (QED) is 0.552. The summed E-state index contributed by atoms with van der Waals surface area (Å²) in [6.45, 7) is 16.9. The van der Waals surface area contributed by atoms with Crippen molar-refractivity contribution >= 4 is 11.3 Å². The van der Waals surface area contributed by atoms with Crippen LogP contribution >= 0.6 is 11.3 Å². The average molecular weight is 349 g/mol. The minimum absolute atomic E-state index is 0.0693. The molecule has 1 heterocycles. The summed E-state index contributed by atoms with van der Waals surface area (Å²) in [6.07, 6.45) is 6.63. The Morgan fingerprint density at radius 3 is 1.72 bits per heavy atom. The van der Waals surface area contributed by atoms with Gasteiger partial charge in [0.15, 0.2) is 0 Å². The summed E-state index contributed by atoms with van der Waals surface area (Å²) in [5.41, 5.74) is 1.51. The molecule has 0 N–H and O–H groups in total. The fourth-order valence-corrected chi connectivity index (χ4v) is 2.62. The molecule has 0 amide bonds. The van der Waals surface area contributed by atoms with Crippen molar-refractivity contribution in [2.24, 2.45) is 16.7 Å². The van der Waals surface area contributed by atoms with Gasteiger partial charge < -0.3 is 0 Å². The van der Waals surface area contributed by atoms with Crippen molar-refractivity contribution < 1.29 is 0 Å². The summed E-state index contributed by atoms with van der Waals surface area (Å²) >= 11 is 1.56. The van der Waals surface area contributed by atoms with Gasteiger partial charge in [-0.2, -0.15) is 0 Å². The van der Waals surface area contributed by atoms with E-state index >= 15 is 0 Å². The van der Waals surface area contributed by atoms with Crippen LogP contribution in [-0.4, -0.2) is 0 Å². The highest BCUT2D eigenvalue weighted by molar-refractivity contribution is 7.13. The Hall–Kier alpha value is -2.06. The molecule has 1 heteroatoms. The van der Waals surface area contributed by atoms with Crippen LogP contribution in [0.4, 0.5) is 0 Å². The fourth-order valence-electron chi connectivity index (χ4n) is 1.70. The standard InChI is InChI=1S/C24H28S/c1-10-19-20(13-11-12-18(2)3)22(15-17-24(7,8)9)25-21(19)14-16-23(4,5)6/h1,18H,12H2,2-9H3. The van der Waals surface area contributed by atoms with E-state index in [2.05, 4.69) is 96.8 Å². The van der Waals surface area contributed by atoms with E-state index in [0.717, 1.165) is 27.3 Å². The Bertz CT molecular complexity index is 836. The lowest BCUT2D eigenvalue weighted by atomic mass is 9.97. The van der Waals surface area contributed by atoms with Crippen molar-refractivity contribution in [3.63, 3.8) is 0 Å². The van der Waals surface area contributed by atoms with Gasteiger partial charge in [-0.3, -0.25) is 0 Å². The summed E-state index contributed by atoms with van der Waals surface area (Å²) in [7, 11) is 0. The number of hydrogen-bond donors (Lipinski definition) is 0. The average Bonchev–Trinajstić information content (AvgIpc) is 2.78. The van der Waals surface area contributed by atoms with Gasteiger partial charge in [0, 0.05) is 17.3 Å². The second-order valence-electron chi connectivity index (χ2n) is 8.55. The third-order valence-corrected chi connectivity index (χ3v) is 3.90. The van der Waals surface area contributed by atoms with Gasteiger partial charge in [0.2, 0.25) is 0 Å². The molecule has 0 saturated carbocycles. The van der Waals surface area contributed by atoms with Gasteiger partial charge in [-0.15, -0.1) is 17.8 Å². The minimum Gasteiger partial charge on any atom is -0.115 e. The summed E-state index contributed by atoms with van der Waals surface area (Å²) in [5, 5.41) is 0. The maximum Gasteiger partial charge on any atom is 0.0951 e. The lowest BCUT2D eigenvalue weighted by Gasteiger charge is -2.06. The molecule has 0 radical (unpaired) electrons. The van der Waals surface area contributed by atoms with Crippen molar-refractivity contribution in [1.29, 1.82) is 0 Å². The lowest BCUT2D eigenvalue weighted by molar-refractivity contribution is 0.570. The zero-order valence-electron chi connectivity index (χ0n) is 16.8. The van der Waals surface area contributed by atoms with E-state index in [1.807, 2.05) is 0 Å². The first-order valence-corrected chi connectivity index (χ1v) is 9.43. The topological polar surface area (TPSA) is 0 Å². The SMILES string of the molecule is C#Cc1c(C#CC(C)(C)C)sc(C#CC(C)(C)C)c1C#CCC(C)C. The predicted octanol–water partition coefficient (Wildman–Crippen LogP) is 5.92. The van der Waals surface area contributed by atoms with Crippen LogP contribution in [0.15, 0.2) is 0 Å². The Morgan fingerprint density at radius 2 is 1.32 bits per heavy atom. The van der Waals surface area contributed by atoms with Crippen molar-refractivity contribution in [2.75, 3.05) is 0 Å². The van der Waals surface area contributed by atoms with E-state index in [9.17, 15) is 0 Å². The molecule has 0 aliphatic rings. The van der Waals surface area contributed by atoms with Gasteiger partial charge in [0.05, 0.1) is 20.9 Å². The summed E-state index contributed by atoms with van der Waals surface area (Å²) < 4.78 is 0. The van der Waals surface area contributed by atoms with Crippen LogP contribution in [0.3, 0.4) is 0 Å². The number of thiophene rings is 1. The van der Waals surface area contributed by atoms with Gasteiger partial charge in [0.25, 0.3) is 0 Å². The molecular formula is C24H28S. The highest BCUT2D eigenvalue weighted by atomic mass is 32.1. The molecule has 0 bridgehead atoms. The fraction of sp³-hybridized carbons (Fsp3) is 0.500. The van der Waals surface area contributed by atoms with E-state index in [1.54, 1.807) is 11.3 Å². The molecule has 0 aromatic carbocycles. The molecule has 1 aromatic rings. The number of rotatable bonds is 1. The van der Waals surface area contributed by atoms with Gasteiger partial charge in [-0.25, -0.2) is 0 Å². The van der Waals surface area contributed by atoms with Crippen molar-refractivity contribution in [1.82, 2.24) is 0 Å². The maximum atomic E-state index is 5.79. The Morgan fingerprint density at radius 1 is 0.840 bits per heavy atom. The largest absolute Gasteiger partial charge is 0.115 e. The Balaban J connectivity index is 3.53. The minimum atomic E-state index is -0.0728. The summed E-state index contributed by atoms with van der Waals surface area (Å²) in [4.78, 5) is 1.82. The summed E-state index contributed by atoms with van der Waals surface area (Å²) in [6, 6.07) is 0. The molecule has 0 nitrogen and oxygen atoms in total. The first kappa shape index (κ1) is 21.0. The number of terminal acetylenes is 1. The smallest absolute Gasteiger partial charge is 0.0951 e. The third kappa shape index (κ3) is 7.57. The van der Waals surface area contributed by atoms with E-state index in [4.69, 9.17) is 6.42 Å². The zero-order chi connectivity index (χ0) is 19.3. The molecule has 0 aliphatic carbocycles. The van der Waals surface area contributed by atoms with E-state index in [0.29, 0.717) is 5.92 Å². The van der Waals surface area contributed by atoms with Gasteiger partial charge in [0.1, 0.15) is 0 Å². The van der Waals surface area contributed by atoms with Crippen molar-refractivity contribution in [3.8, 4) is 47.9 Å². The molecule has 0 spiro atoms. The molecular weight excluding hydrogens is 320 g/mol. The lowest BCUT2D eigenvalue weighted by Crippen LogP contribution is -1.99. The first-order valence-electron chi connectivity index (χ1n) is 8.61. The zero-order valence-corrected chi connectivity index (χ0v) is 17.6.